The lowest BCUT2D eigenvalue weighted by Gasteiger charge is -2.26. The van der Waals surface area contributed by atoms with Crippen LogP contribution in [0.3, 0.4) is 0 Å². The number of aromatic amines is 1. The fourth-order valence-electron chi connectivity index (χ4n) is 3.56. The number of thioether (sulfide) groups is 1. The van der Waals surface area contributed by atoms with Crippen LogP contribution in [0.5, 0.6) is 0 Å². The lowest BCUT2D eigenvalue weighted by atomic mass is 10.0. The molecule has 170 valence electrons. The smallest absolute Gasteiger partial charge is 0.346 e. The minimum absolute atomic E-state index is 0.0331. The molecule has 4 aromatic rings. The number of hydrogen-bond acceptors (Lipinski definition) is 5. The molecule has 4 rings (SSSR count). The van der Waals surface area contributed by atoms with Crippen LogP contribution >= 0.6 is 23.1 Å². The van der Waals surface area contributed by atoms with E-state index in [1.807, 2.05) is 0 Å². The number of thiophene rings is 1. The summed E-state index contributed by atoms with van der Waals surface area (Å²) in [6, 6.07) is 7.09. The first-order valence-electron chi connectivity index (χ1n) is 9.44. The molecule has 33 heavy (non-hydrogen) atoms. The molecular weight excluding hydrogens is 477 g/mol. The first-order valence-corrected chi connectivity index (χ1v) is 11.1. The predicted molar refractivity (Wildman–Crippen MR) is 120 cm³/mol. The number of carboxylic acids is 1. The second-order valence-corrected chi connectivity index (χ2v) is 10.1. The molecule has 0 aliphatic heterocycles. The van der Waals surface area contributed by atoms with Crippen LogP contribution in [-0.2, 0) is 4.75 Å². The van der Waals surface area contributed by atoms with Crippen LogP contribution in [0.25, 0.3) is 16.6 Å². The van der Waals surface area contributed by atoms with E-state index in [2.05, 4.69) is 4.98 Å². The third-order valence-electron chi connectivity index (χ3n) is 4.94. The van der Waals surface area contributed by atoms with Crippen molar-refractivity contribution in [2.24, 2.45) is 0 Å². The topological polar surface area (TPSA) is 92.2 Å². The minimum atomic E-state index is -1.36. The summed E-state index contributed by atoms with van der Waals surface area (Å²) in [4.78, 5) is 39.5. The highest BCUT2D eigenvalue weighted by molar-refractivity contribution is 8.00. The highest BCUT2D eigenvalue weighted by Crippen LogP contribution is 2.43. The lowest BCUT2D eigenvalue weighted by molar-refractivity contribution is 0.0704. The average Bonchev–Trinajstić information content (AvgIpc) is 3.14. The Kier molecular flexibility index (Phi) is 5.71. The van der Waals surface area contributed by atoms with Crippen LogP contribution in [0.15, 0.2) is 56.3 Å². The molecule has 0 unspecified atom stereocenters. The van der Waals surface area contributed by atoms with Gasteiger partial charge in [-0.3, -0.25) is 4.79 Å². The van der Waals surface area contributed by atoms with Crippen LogP contribution < -0.4 is 11.2 Å². The Bertz CT molecular complexity index is 1520. The van der Waals surface area contributed by atoms with Gasteiger partial charge in [0.25, 0.3) is 5.56 Å². The molecule has 11 heteroatoms. The third-order valence-corrected chi connectivity index (χ3v) is 7.12. The summed E-state index contributed by atoms with van der Waals surface area (Å²) in [5.41, 5.74) is -2.51. The SMILES string of the molecule is CC(C)(Sc1ccc(F)c(-n2c(=O)[nH]c3csc(C(=O)O)c3c2=O)c1)c1c(F)cccc1F. The van der Waals surface area contributed by atoms with Gasteiger partial charge in [-0.2, -0.15) is 0 Å². The van der Waals surface area contributed by atoms with Crippen molar-refractivity contribution in [1.29, 1.82) is 0 Å². The number of aromatic carboxylic acids is 1. The number of fused-ring (bicyclic) bond motifs is 1. The molecular formula is C22H15F3N2O4S2. The van der Waals surface area contributed by atoms with E-state index in [1.54, 1.807) is 13.8 Å². The first kappa shape index (κ1) is 22.9. The van der Waals surface area contributed by atoms with Gasteiger partial charge in [0.05, 0.1) is 16.6 Å². The molecule has 0 spiro atoms. The highest BCUT2D eigenvalue weighted by Gasteiger charge is 2.29. The standard InChI is InChI=1S/C22H15F3N2O4S2/c1-22(2,17-12(24)4-3-5-13(17)25)33-10-6-7-11(23)15(8-10)27-19(28)16-14(26-21(27)31)9-32-18(16)20(29)30/h3-9H,1-2H3,(H,26,31)(H,29,30). The van der Waals surface area contributed by atoms with Crippen molar-refractivity contribution in [3.8, 4) is 5.69 Å². The van der Waals surface area contributed by atoms with Gasteiger partial charge in [-0.05, 0) is 44.2 Å². The molecule has 2 aromatic heterocycles. The summed E-state index contributed by atoms with van der Waals surface area (Å²) < 4.78 is 42.8. The number of carboxylic acid groups (broad SMARTS) is 1. The van der Waals surface area contributed by atoms with E-state index in [1.165, 1.54) is 23.6 Å². The van der Waals surface area contributed by atoms with E-state index in [4.69, 9.17) is 0 Å². The van der Waals surface area contributed by atoms with Crippen molar-refractivity contribution >= 4 is 40.0 Å². The van der Waals surface area contributed by atoms with Crippen molar-refractivity contribution in [2.45, 2.75) is 23.5 Å². The van der Waals surface area contributed by atoms with E-state index < -0.39 is 45.1 Å². The van der Waals surface area contributed by atoms with Crippen LogP contribution in [0.4, 0.5) is 13.2 Å². The summed E-state index contributed by atoms with van der Waals surface area (Å²) >= 11 is 1.76. The van der Waals surface area contributed by atoms with E-state index >= 15 is 0 Å². The number of nitrogens with one attached hydrogen (secondary N) is 1. The van der Waals surface area contributed by atoms with Crippen LogP contribution in [-0.4, -0.2) is 20.6 Å². The Balaban J connectivity index is 1.86. The summed E-state index contributed by atoms with van der Waals surface area (Å²) in [6.07, 6.45) is 0. The first-order chi connectivity index (χ1) is 15.5. The summed E-state index contributed by atoms with van der Waals surface area (Å²) in [7, 11) is 0. The van der Waals surface area contributed by atoms with Gasteiger partial charge < -0.3 is 10.1 Å². The van der Waals surface area contributed by atoms with Crippen LogP contribution in [0.1, 0.15) is 29.1 Å². The van der Waals surface area contributed by atoms with Gasteiger partial charge >= 0.3 is 11.7 Å². The fraction of sp³-hybridized carbons (Fsp3) is 0.136. The van der Waals surface area contributed by atoms with Gasteiger partial charge in [0.1, 0.15) is 22.3 Å². The number of nitrogens with zero attached hydrogens (tertiary/aromatic N) is 1. The number of carbonyl (C=O) groups is 1. The third kappa shape index (κ3) is 3.98. The van der Waals surface area contributed by atoms with Crippen molar-refractivity contribution in [3.05, 3.63) is 90.5 Å². The molecule has 2 heterocycles. The molecule has 0 amide bonds. The van der Waals surface area contributed by atoms with Gasteiger partial charge in [0, 0.05) is 20.6 Å². The second kappa shape index (κ2) is 8.23. The maximum Gasteiger partial charge on any atom is 0.346 e. The fourth-order valence-corrected chi connectivity index (χ4v) is 5.58. The molecule has 0 radical (unpaired) electrons. The average molecular weight is 493 g/mol. The zero-order chi connectivity index (χ0) is 24.1. The monoisotopic (exact) mass is 492 g/mol. The highest BCUT2D eigenvalue weighted by atomic mass is 32.2. The Hall–Kier alpha value is -3.31. The zero-order valence-corrected chi connectivity index (χ0v) is 18.7. The molecule has 0 aliphatic carbocycles. The number of H-pyrrole nitrogens is 1. The molecule has 2 aromatic carbocycles. The van der Waals surface area contributed by atoms with Gasteiger partial charge in [0.2, 0.25) is 0 Å². The minimum Gasteiger partial charge on any atom is -0.477 e. The molecule has 6 nitrogen and oxygen atoms in total. The zero-order valence-electron chi connectivity index (χ0n) is 17.1. The molecule has 0 bridgehead atoms. The summed E-state index contributed by atoms with van der Waals surface area (Å²) in [6.45, 7) is 3.16. The molecule has 0 atom stereocenters. The van der Waals surface area contributed by atoms with Crippen molar-refractivity contribution in [2.75, 3.05) is 0 Å². The molecule has 0 saturated heterocycles. The van der Waals surface area contributed by atoms with Crippen molar-refractivity contribution in [3.63, 3.8) is 0 Å². The normalized spacial score (nSPS) is 11.8. The number of aromatic nitrogens is 2. The Labute approximate surface area is 192 Å². The van der Waals surface area contributed by atoms with Crippen molar-refractivity contribution in [1.82, 2.24) is 9.55 Å². The predicted octanol–water partition coefficient (Wildman–Crippen LogP) is 4.88. The Morgan fingerprint density at radius 1 is 1.09 bits per heavy atom. The lowest BCUT2D eigenvalue weighted by Crippen LogP contribution is -2.34. The number of benzene rings is 2. The molecule has 0 aliphatic rings. The molecule has 2 N–H and O–H groups in total. The molecule has 0 fully saturated rings. The quantitative estimate of drug-likeness (QED) is 0.388. The van der Waals surface area contributed by atoms with Crippen LogP contribution in [0, 0.1) is 17.5 Å². The summed E-state index contributed by atoms with van der Waals surface area (Å²) in [5.74, 6) is -3.75. The van der Waals surface area contributed by atoms with E-state index in [0.717, 1.165) is 41.3 Å². The van der Waals surface area contributed by atoms with Gasteiger partial charge in [-0.1, -0.05) is 6.07 Å². The van der Waals surface area contributed by atoms with E-state index in [0.29, 0.717) is 9.46 Å². The second-order valence-electron chi connectivity index (χ2n) is 7.55. The van der Waals surface area contributed by atoms with Gasteiger partial charge in [0.15, 0.2) is 0 Å². The van der Waals surface area contributed by atoms with E-state index in [9.17, 15) is 32.7 Å². The number of hydrogen-bond donors (Lipinski definition) is 2. The van der Waals surface area contributed by atoms with Crippen molar-refractivity contribution < 1.29 is 23.1 Å². The maximum absolute atomic E-state index is 14.7. The Morgan fingerprint density at radius 3 is 2.39 bits per heavy atom. The largest absolute Gasteiger partial charge is 0.477 e. The number of halogens is 3. The van der Waals surface area contributed by atoms with Gasteiger partial charge in [-0.15, -0.1) is 23.1 Å². The van der Waals surface area contributed by atoms with Crippen LogP contribution in [0.2, 0.25) is 0 Å². The Morgan fingerprint density at radius 2 is 1.76 bits per heavy atom. The maximum atomic E-state index is 14.7. The van der Waals surface area contributed by atoms with E-state index in [-0.39, 0.29) is 21.3 Å². The summed E-state index contributed by atoms with van der Waals surface area (Å²) in [5, 5.41) is 10.4. The molecule has 0 saturated carbocycles. The number of rotatable bonds is 5. The van der Waals surface area contributed by atoms with Gasteiger partial charge in [-0.25, -0.2) is 27.3 Å².